The summed E-state index contributed by atoms with van der Waals surface area (Å²) in [5.41, 5.74) is 1.00. The number of aromatic carboxylic acids is 1. The normalized spacial score (nSPS) is 12.8. The maximum absolute atomic E-state index is 11.4. The predicted octanol–water partition coefficient (Wildman–Crippen LogP) is 1.66. The zero-order valence-electron chi connectivity index (χ0n) is 12.7. The van der Waals surface area contributed by atoms with E-state index in [1.807, 2.05) is 0 Å². The number of carboxylic acids is 1. The molecule has 1 atom stereocenters. The molecule has 0 aliphatic heterocycles. The van der Waals surface area contributed by atoms with Crippen LogP contribution < -0.4 is 9.46 Å². The molecule has 0 spiro atoms. The Morgan fingerprint density at radius 2 is 1.96 bits per heavy atom. The van der Waals surface area contributed by atoms with Crippen molar-refractivity contribution in [1.29, 1.82) is 0 Å². The number of hydrogen-bond donors (Lipinski definition) is 2. The fourth-order valence-electron chi connectivity index (χ4n) is 2.19. The van der Waals surface area contributed by atoms with Gasteiger partial charge in [-0.2, -0.15) is 0 Å². The molecular weight excluding hydrogens is 324 g/mol. The third-order valence-corrected chi connectivity index (χ3v) is 3.89. The molecule has 9 heteroatoms. The number of carboxylic acid groups (broad SMARTS) is 1. The van der Waals surface area contributed by atoms with Crippen LogP contribution in [0.15, 0.2) is 28.8 Å². The highest BCUT2D eigenvalue weighted by molar-refractivity contribution is 7.88. The third kappa shape index (κ3) is 3.88. The fourth-order valence-corrected chi connectivity index (χ4v) is 2.95. The number of rotatable bonds is 6. The van der Waals surface area contributed by atoms with Crippen LogP contribution in [0.25, 0.3) is 11.3 Å². The van der Waals surface area contributed by atoms with Crippen molar-refractivity contribution in [2.75, 3.05) is 13.4 Å². The number of carbonyl (C=O) groups is 1. The Balaban J connectivity index is 2.53. The monoisotopic (exact) mass is 340 g/mol. The van der Waals surface area contributed by atoms with E-state index in [0.29, 0.717) is 11.3 Å². The molecule has 1 heterocycles. The van der Waals surface area contributed by atoms with Gasteiger partial charge in [-0.15, -0.1) is 0 Å². The molecule has 2 aromatic rings. The lowest BCUT2D eigenvalue weighted by molar-refractivity contribution is 0.0649. The first-order valence-electron chi connectivity index (χ1n) is 6.57. The van der Waals surface area contributed by atoms with Crippen molar-refractivity contribution < 1.29 is 27.6 Å². The van der Waals surface area contributed by atoms with Crippen molar-refractivity contribution in [1.82, 2.24) is 9.88 Å². The molecule has 0 amide bonds. The van der Waals surface area contributed by atoms with Crippen molar-refractivity contribution >= 4 is 16.0 Å². The highest BCUT2D eigenvalue weighted by atomic mass is 32.2. The first-order valence-corrected chi connectivity index (χ1v) is 8.46. The van der Waals surface area contributed by atoms with E-state index in [9.17, 15) is 18.3 Å². The summed E-state index contributed by atoms with van der Waals surface area (Å²) < 4.78 is 35.1. The highest BCUT2D eigenvalue weighted by Gasteiger charge is 2.28. The molecule has 0 unspecified atom stereocenters. The van der Waals surface area contributed by atoms with Gasteiger partial charge in [-0.1, -0.05) is 5.16 Å². The Morgan fingerprint density at radius 3 is 2.43 bits per heavy atom. The summed E-state index contributed by atoms with van der Waals surface area (Å²) in [6.07, 6.45) is 0.991. The standard InChI is InChI=1S/C14H16N2O6S/c1-8(16-23(3,19)20)11-12(15-22-13(11)14(17)18)9-4-6-10(21-2)7-5-9/h4-8,16H,1-3H3,(H,17,18)/t8-/m1/s1. The van der Waals surface area contributed by atoms with Crippen LogP contribution >= 0.6 is 0 Å². The van der Waals surface area contributed by atoms with Crippen LogP contribution in [0.4, 0.5) is 0 Å². The van der Waals surface area contributed by atoms with Crippen LogP contribution in [0.5, 0.6) is 5.75 Å². The Kier molecular flexibility index (Phi) is 4.71. The minimum absolute atomic E-state index is 0.160. The molecule has 0 fully saturated rings. The first-order chi connectivity index (χ1) is 10.7. The van der Waals surface area contributed by atoms with Gasteiger partial charge in [0, 0.05) is 5.56 Å². The molecule has 0 radical (unpaired) electrons. The van der Waals surface area contributed by atoms with Crippen molar-refractivity contribution in [3.8, 4) is 17.0 Å². The summed E-state index contributed by atoms with van der Waals surface area (Å²) in [6.45, 7) is 1.52. The van der Waals surface area contributed by atoms with Crippen LogP contribution in [-0.2, 0) is 10.0 Å². The summed E-state index contributed by atoms with van der Waals surface area (Å²) in [7, 11) is -2.01. The lowest BCUT2D eigenvalue weighted by Gasteiger charge is -2.12. The molecule has 1 aromatic heterocycles. The lowest BCUT2D eigenvalue weighted by atomic mass is 10.0. The number of nitrogens with zero attached hydrogens (tertiary/aromatic N) is 1. The maximum Gasteiger partial charge on any atom is 0.375 e. The highest BCUT2D eigenvalue weighted by Crippen LogP contribution is 2.31. The van der Waals surface area contributed by atoms with E-state index in [0.717, 1.165) is 6.26 Å². The molecule has 1 aromatic carbocycles. The van der Waals surface area contributed by atoms with Crippen LogP contribution in [-0.4, -0.2) is 38.0 Å². The quantitative estimate of drug-likeness (QED) is 0.820. The van der Waals surface area contributed by atoms with Gasteiger partial charge in [-0.25, -0.2) is 17.9 Å². The summed E-state index contributed by atoms with van der Waals surface area (Å²) in [4.78, 5) is 11.3. The SMILES string of the molecule is COc1ccc(-c2noc(C(=O)O)c2[C@@H](C)NS(C)(=O)=O)cc1. The Labute approximate surface area is 133 Å². The Morgan fingerprint density at radius 1 is 1.35 bits per heavy atom. The molecule has 23 heavy (non-hydrogen) atoms. The van der Waals surface area contributed by atoms with Crippen molar-refractivity contribution in [2.45, 2.75) is 13.0 Å². The minimum atomic E-state index is -3.53. The molecule has 0 aliphatic carbocycles. The largest absolute Gasteiger partial charge is 0.497 e. The predicted molar refractivity (Wildman–Crippen MR) is 81.8 cm³/mol. The van der Waals surface area contributed by atoms with E-state index in [2.05, 4.69) is 9.88 Å². The summed E-state index contributed by atoms with van der Waals surface area (Å²) >= 11 is 0. The van der Waals surface area contributed by atoms with E-state index >= 15 is 0 Å². The molecule has 2 rings (SSSR count). The summed E-state index contributed by atoms with van der Waals surface area (Å²) in [5.74, 6) is -1.10. The molecule has 0 saturated carbocycles. The van der Waals surface area contributed by atoms with Gasteiger partial charge in [0.05, 0.1) is 25.0 Å². The molecule has 0 saturated heterocycles. The van der Waals surface area contributed by atoms with E-state index in [1.165, 1.54) is 14.0 Å². The van der Waals surface area contributed by atoms with Crippen molar-refractivity contribution in [3.05, 3.63) is 35.6 Å². The van der Waals surface area contributed by atoms with Crippen molar-refractivity contribution in [2.24, 2.45) is 0 Å². The van der Waals surface area contributed by atoms with Gasteiger partial charge in [-0.05, 0) is 31.2 Å². The van der Waals surface area contributed by atoms with Crippen LogP contribution in [0.3, 0.4) is 0 Å². The molecule has 0 aliphatic rings. The minimum Gasteiger partial charge on any atom is -0.497 e. The van der Waals surface area contributed by atoms with Gasteiger partial charge in [0.2, 0.25) is 15.8 Å². The molecule has 2 N–H and O–H groups in total. The van der Waals surface area contributed by atoms with Crippen LogP contribution in [0.2, 0.25) is 0 Å². The van der Waals surface area contributed by atoms with Gasteiger partial charge in [0.15, 0.2) is 0 Å². The number of ether oxygens (including phenoxy) is 1. The average Bonchev–Trinajstić information content (AvgIpc) is 2.90. The number of methoxy groups -OCH3 is 1. The van der Waals surface area contributed by atoms with Gasteiger partial charge in [0.1, 0.15) is 11.4 Å². The number of nitrogens with one attached hydrogen (secondary N) is 1. The van der Waals surface area contributed by atoms with Crippen molar-refractivity contribution in [3.63, 3.8) is 0 Å². The number of aromatic nitrogens is 1. The molecule has 8 nitrogen and oxygen atoms in total. The maximum atomic E-state index is 11.4. The zero-order valence-corrected chi connectivity index (χ0v) is 13.5. The van der Waals surface area contributed by atoms with Gasteiger partial charge in [-0.3, -0.25) is 0 Å². The molecule has 124 valence electrons. The van der Waals surface area contributed by atoms with Gasteiger partial charge < -0.3 is 14.4 Å². The number of hydrogen-bond acceptors (Lipinski definition) is 6. The Bertz CT molecular complexity index is 810. The second-order valence-corrected chi connectivity index (χ2v) is 6.70. The summed E-state index contributed by atoms with van der Waals surface area (Å²) in [5, 5.41) is 13.0. The number of sulfonamides is 1. The zero-order chi connectivity index (χ0) is 17.2. The van der Waals surface area contributed by atoms with Crippen LogP contribution in [0, 0.1) is 0 Å². The third-order valence-electron chi connectivity index (χ3n) is 3.11. The van der Waals surface area contributed by atoms with Crippen LogP contribution in [0.1, 0.15) is 29.1 Å². The van der Waals surface area contributed by atoms with E-state index in [1.54, 1.807) is 24.3 Å². The first kappa shape index (κ1) is 17.0. The van der Waals surface area contributed by atoms with Gasteiger partial charge in [0.25, 0.3) is 0 Å². The fraction of sp³-hybridized carbons (Fsp3) is 0.286. The lowest BCUT2D eigenvalue weighted by Crippen LogP contribution is -2.26. The number of benzene rings is 1. The molecule has 0 bridgehead atoms. The topological polar surface area (TPSA) is 119 Å². The van der Waals surface area contributed by atoms with E-state index < -0.39 is 27.8 Å². The smallest absolute Gasteiger partial charge is 0.375 e. The second kappa shape index (κ2) is 6.39. The van der Waals surface area contributed by atoms with E-state index in [-0.39, 0.29) is 11.3 Å². The van der Waals surface area contributed by atoms with Gasteiger partial charge >= 0.3 is 5.97 Å². The second-order valence-electron chi connectivity index (χ2n) is 4.92. The Hall–Kier alpha value is -2.39. The van der Waals surface area contributed by atoms with E-state index in [4.69, 9.17) is 9.26 Å². The molecular formula is C14H16N2O6S. The summed E-state index contributed by atoms with van der Waals surface area (Å²) in [6, 6.07) is 5.91. The average molecular weight is 340 g/mol.